The minimum atomic E-state index is -1.79. The average Bonchev–Trinajstić information content (AvgIpc) is 1.70. The number of nitrogens with zero attached hydrogens (tertiary/aromatic N) is 3. The third kappa shape index (κ3) is 40.3. The number of guanidine groups is 1. The fraction of sp³-hybridized carbons (Fsp3) is 0.618. The molecule has 2 aromatic carbocycles. The van der Waals surface area contributed by atoms with Crippen molar-refractivity contribution in [3.05, 3.63) is 90.0 Å². The normalized spacial score (nSPS) is 16.8. The molecule has 0 unspecified atom stereocenters. The molecule has 1 aromatic heterocycles. The van der Waals surface area contributed by atoms with E-state index in [9.17, 15) is 87.5 Å². The number of aromatic nitrogens is 2. The van der Waals surface area contributed by atoms with Crippen LogP contribution in [0.25, 0.3) is 0 Å². The lowest BCUT2D eigenvalue weighted by Gasteiger charge is -2.32. The molecule has 2 fully saturated rings. The summed E-state index contributed by atoms with van der Waals surface area (Å²) < 4.78 is 0. The highest BCUT2D eigenvalue weighted by molar-refractivity contribution is 7.80. The number of nitrogens with one attached hydrogen (secondary N) is 17. The van der Waals surface area contributed by atoms with Gasteiger partial charge < -0.3 is 149 Å². The van der Waals surface area contributed by atoms with Gasteiger partial charge in [-0.1, -0.05) is 80.9 Å². The zero-order valence-corrected chi connectivity index (χ0v) is 80.5. The largest absolute Gasteiger partial charge is 0.481 e. The molecule has 33 N–H and O–H groups in total. The maximum absolute atomic E-state index is 15.2. The van der Waals surface area contributed by atoms with E-state index < -0.39 is 241 Å². The molecular weight excluding hydrogens is 1850 g/mol. The first-order valence-electron chi connectivity index (χ1n) is 46.8. The molecule has 48 nitrogen and oxygen atoms in total. The monoisotopic (exact) mass is 1990 g/mol. The van der Waals surface area contributed by atoms with Gasteiger partial charge in [0.1, 0.15) is 90.6 Å². The lowest BCUT2D eigenvalue weighted by Crippen LogP contribution is -2.62. The fourth-order valence-electron chi connectivity index (χ4n) is 15.5. The predicted octanol–water partition coefficient (Wildman–Crippen LogP) is -7.22. The predicted molar refractivity (Wildman–Crippen MR) is 515 cm³/mol. The molecule has 5 rings (SSSR count). The van der Waals surface area contributed by atoms with Crippen LogP contribution in [0.15, 0.2) is 73.2 Å². The van der Waals surface area contributed by atoms with Gasteiger partial charge in [-0.15, -0.1) is 0 Å². The van der Waals surface area contributed by atoms with Gasteiger partial charge in [-0.3, -0.25) is 86.9 Å². The maximum atomic E-state index is 15.2. The number of amides is 16. The topological polar surface area (TPSA) is 784 Å². The number of nitrogens with two attached hydrogens (primary N) is 6. The number of thiol groups is 2. The highest BCUT2D eigenvalue weighted by Crippen LogP contribution is 2.24. The van der Waals surface area contributed by atoms with Crippen LogP contribution in [-0.4, -0.2) is 326 Å². The number of aliphatic hydroxyl groups excluding tert-OH is 2. The first-order chi connectivity index (χ1) is 66.4. The Morgan fingerprint density at radius 1 is 0.468 bits per heavy atom. The molecule has 2 saturated heterocycles. The average molecular weight is 1990 g/mol. The minimum Gasteiger partial charge on any atom is -0.481 e. The van der Waals surface area contributed by atoms with Crippen LogP contribution in [0.2, 0.25) is 0 Å². The highest BCUT2D eigenvalue weighted by Gasteiger charge is 2.45. The van der Waals surface area contributed by atoms with E-state index in [1.54, 1.807) is 74.5 Å². The van der Waals surface area contributed by atoms with Gasteiger partial charge in [0.2, 0.25) is 94.5 Å². The Morgan fingerprint density at radius 3 is 1.35 bits per heavy atom. The summed E-state index contributed by atoms with van der Waals surface area (Å²) in [6.07, 6.45) is 3.10. The summed E-state index contributed by atoms with van der Waals surface area (Å²) in [7, 11) is 0. The van der Waals surface area contributed by atoms with Gasteiger partial charge >= 0.3 is 11.9 Å². The van der Waals surface area contributed by atoms with E-state index >= 15 is 19.2 Å². The second-order valence-corrected chi connectivity index (χ2v) is 35.0. The van der Waals surface area contributed by atoms with Crippen LogP contribution in [0.3, 0.4) is 0 Å². The number of likely N-dealkylation sites (tertiary alicyclic amines) is 2. The highest BCUT2D eigenvalue weighted by atomic mass is 32.1. The van der Waals surface area contributed by atoms with E-state index in [0.717, 1.165) is 6.92 Å². The number of rotatable bonds is 65. The summed E-state index contributed by atoms with van der Waals surface area (Å²) in [6.45, 7) is 3.55. The summed E-state index contributed by atoms with van der Waals surface area (Å²) in [5.74, 6) is -19.0. The Bertz CT molecular complexity index is 4520. The number of unbranched alkanes of at least 4 members (excludes halogenated alkanes) is 4. The molecule has 772 valence electrons. The van der Waals surface area contributed by atoms with Crippen molar-refractivity contribution >= 4 is 138 Å². The molecule has 2 aliphatic heterocycles. The Kier molecular flexibility index (Phi) is 52.9. The Balaban J connectivity index is 1.35. The van der Waals surface area contributed by atoms with Crippen molar-refractivity contribution in [2.75, 3.05) is 70.5 Å². The number of aliphatic hydroxyl groups is 2. The first-order valence-corrected chi connectivity index (χ1v) is 48.1. The molecular formula is C89H142N26O22S2. The first kappa shape index (κ1) is 117. The third-order valence-electron chi connectivity index (χ3n) is 23.5. The molecule has 0 aliphatic carbocycles. The summed E-state index contributed by atoms with van der Waals surface area (Å²) in [4.78, 5) is 262. The van der Waals surface area contributed by atoms with Crippen LogP contribution < -0.4 is 114 Å². The van der Waals surface area contributed by atoms with Gasteiger partial charge in [-0.2, -0.15) is 25.3 Å². The van der Waals surface area contributed by atoms with E-state index in [0.29, 0.717) is 49.8 Å². The van der Waals surface area contributed by atoms with Crippen molar-refractivity contribution in [1.29, 1.82) is 5.41 Å². The van der Waals surface area contributed by atoms with E-state index in [1.165, 1.54) is 22.3 Å². The number of carboxylic acids is 2. The minimum absolute atomic E-state index is 0.00497. The lowest BCUT2D eigenvalue weighted by atomic mass is 9.97. The summed E-state index contributed by atoms with van der Waals surface area (Å²) >= 11 is 8.56. The summed E-state index contributed by atoms with van der Waals surface area (Å²) in [5, 5.41) is 86.5. The van der Waals surface area contributed by atoms with E-state index in [2.05, 4.69) is 115 Å². The van der Waals surface area contributed by atoms with Gasteiger partial charge in [0.25, 0.3) is 0 Å². The van der Waals surface area contributed by atoms with Crippen LogP contribution in [0.1, 0.15) is 166 Å². The summed E-state index contributed by atoms with van der Waals surface area (Å²) in [6, 6.07) is -6.50. The number of H-pyrrole nitrogens is 1. The molecule has 3 heterocycles. The number of carboxylic acid groups (broad SMARTS) is 2. The number of carbonyl (C=O) groups is 18. The second-order valence-electron chi connectivity index (χ2n) is 34.3. The molecule has 50 heteroatoms. The van der Waals surface area contributed by atoms with Crippen molar-refractivity contribution in [3.8, 4) is 0 Å². The van der Waals surface area contributed by atoms with Crippen molar-refractivity contribution in [1.82, 2.24) is 99.5 Å². The molecule has 16 amide bonds. The number of aliphatic carboxylic acids is 2. The zero-order chi connectivity index (χ0) is 103. The van der Waals surface area contributed by atoms with Gasteiger partial charge in [-0.25, -0.2) is 9.78 Å². The maximum Gasteiger partial charge on any atom is 0.326 e. The number of benzene rings is 2. The van der Waals surface area contributed by atoms with Crippen molar-refractivity contribution < 1.29 is 107 Å². The van der Waals surface area contributed by atoms with Crippen LogP contribution in [0.4, 0.5) is 0 Å². The van der Waals surface area contributed by atoms with Crippen LogP contribution >= 0.6 is 25.3 Å². The van der Waals surface area contributed by atoms with E-state index in [4.69, 9.17) is 39.8 Å². The van der Waals surface area contributed by atoms with E-state index in [1.807, 2.05) is 0 Å². The number of hydrogen-bond donors (Lipinski definition) is 29. The molecule has 139 heavy (non-hydrogen) atoms. The lowest BCUT2D eigenvalue weighted by molar-refractivity contribution is -0.143. The number of hydrogen-bond acceptors (Lipinski definition) is 29. The van der Waals surface area contributed by atoms with Gasteiger partial charge in [0.05, 0.1) is 43.7 Å². The molecule has 2 aliphatic rings. The zero-order valence-electron chi connectivity index (χ0n) is 78.7. The molecule has 3 aromatic rings. The number of aromatic amines is 1. The van der Waals surface area contributed by atoms with Crippen molar-refractivity contribution in [3.63, 3.8) is 0 Å². The molecule has 0 bridgehead atoms. The molecule has 18 atom stereocenters. The molecule has 0 radical (unpaired) electrons. The quantitative estimate of drug-likeness (QED) is 0.0108. The van der Waals surface area contributed by atoms with Gasteiger partial charge in [0, 0.05) is 56.6 Å². The Morgan fingerprint density at radius 2 is 0.863 bits per heavy atom. The standard InChI is InChI=1S/C89H142N26O22S2/c1-4-50(2)71(112-81(129)66(48-139)111-83(131)68-32-21-39-115(68)87(135)63(41-53-24-9-6-10-25-53)109-78(126)62(42-54-44-97-49-100-54)108-85(133)72(51(3)117)113-73(121)55(94)43-70(119)120)84(132)104-57(27-12-16-34-91)75(123)107-61(40-52-22-7-5-8-23-52)77(125)105-59(28-13-17-35-92)86(134)114-38-20-31-67(114)82(130)103-58(30-19-37-98-89(95)96)76(124)110-64(46-116)79(127)102-56(26-11-15-33-90)74(122)99-45-69(118)101-65(47-138)80(128)106-60(88(136)137)29-14-18-36-93/h5-10,22-25,44,49-51,55-68,71-72,116-117,138-139H,4,11-21,26-43,45-48,90-94H2,1-3H3,(H,97,100)(H,99,122)(H,101,118)(H,102,127)(H,103,130)(H,104,132)(H,105,125)(H,106,128)(H,107,123)(H,108,133)(H,109,126)(H,110,124)(H,111,131)(H,112,129)(H,113,121)(H,119,120)(H,136,137)(H4,95,96,98)/t50-,51+,55-,56-,57-,58-,59-,60-,61-,62-,63-,64-,65-,66-,67-,68-,71-,72-/m0/s1. The molecule has 0 spiro atoms. The fourth-order valence-corrected chi connectivity index (χ4v) is 16.0. The van der Waals surface area contributed by atoms with Crippen LogP contribution in [-0.2, 0) is 106 Å². The number of carbonyl (C=O) groups excluding carboxylic acids is 16. The van der Waals surface area contributed by atoms with Crippen LogP contribution in [0, 0.1) is 11.3 Å². The summed E-state index contributed by atoms with van der Waals surface area (Å²) in [5.41, 5.74) is 35.8. The second kappa shape index (κ2) is 62.7. The Labute approximate surface area is 817 Å². The molecule has 0 saturated carbocycles. The van der Waals surface area contributed by atoms with Crippen molar-refractivity contribution in [2.24, 2.45) is 40.3 Å². The SMILES string of the molecule is CC[C@H](C)[C@H](NC(=O)[C@H](CS)NC(=O)[C@@H]1CCCN1C(=O)[C@H](Cc1ccccc1)NC(=O)[C@H](Cc1c[nH]cn1)NC(=O)[C@@H](NC(=O)[C@@H](N)CC(=O)O)[C@@H](C)O)C(=O)N[C@@H](CCCCN)C(=O)N[C@@H](Cc1ccccc1)C(=O)N[C@@H](CCCCN)C(=O)N1CCC[C@H]1C(=O)N[C@@H](CCCNC(=N)N)C(=O)N[C@@H](CO)C(=O)N[C@@H](CCCCN)C(=O)NCC(=O)N[C@@H](CS)C(=O)N[C@@H](CCCCN)C(=O)O. The van der Waals surface area contributed by atoms with Gasteiger partial charge in [0.15, 0.2) is 5.96 Å². The van der Waals surface area contributed by atoms with Crippen molar-refractivity contribution in [2.45, 2.75) is 271 Å². The van der Waals surface area contributed by atoms with E-state index in [-0.39, 0.29) is 166 Å². The smallest absolute Gasteiger partial charge is 0.326 e. The Hall–Kier alpha value is -12.2. The number of imidazole rings is 1. The van der Waals surface area contributed by atoms with Crippen LogP contribution in [0.5, 0.6) is 0 Å². The van der Waals surface area contributed by atoms with Gasteiger partial charge in [-0.05, 0) is 166 Å². The third-order valence-corrected chi connectivity index (χ3v) is 24.2.